The monoisotopic (exact) mass is 409 g/mol. The molecule has 3 aromatic rings. The number of rotatable bonds is 7. The van der Waals surface area contributed by atoms with Gasteiger partial charge < -0.3 is 14.8 Å². The Morgan fingerprint density at radius 1 is 0.931 bits per heavy atom. The SMILES string of the molecule is C[C@H](NC(=O)COC(=O)c1ccccc1Oc1ccccc1)c1ccc(Cl)cc1. The van der Waals surface area contributed by atoms with Gasteiger partial charge in [0.2, 0.25) is 0 Å². The Balaban J connectivity index is 1.58. The summed E-state index contributed by atoms with van der Waals surface area (Å²) in [6, 6.07) is 22.8. The van der Waals surface area contributed by atoms with Crippen LogP contribution in [0.2, 0.25) is 5.02 Å². The standard InChI is InChI=1S/C23H20ClNO4/c1-16(17-11-13-18(24)14-12-17)25-22(26)15-28-23(27)20-9-5-6-10-21(20)29-19-7-3-2-4-8-19/h2-14,16H,15H2,1H3,(H,25,26)/t16-/m0/s1. The first-order valence-corrected chi connectivity index (χ1v) is 9.44. The molecule has 1 N–H and O–H groups in total. The van der Waals surface area contributed by atoms with Gasteiger partial charge in [0.25, 0.3) is 5.91 Å². The van der Waals surface area contributed by atoms with E-state index in [-0.39, 0.29) is 11.6 Å². The number of esters is 1. The van der Waals surface area contributed by atoms with Gasteiger partial charge in [-0.25, -0.2) is 4.79 Å². The van der Waals surface area contributed by atoms with Crippen LogP contribution in [0, 0.1) is 0 Å². The molecule has 0 saturated heterocycles. The highest BCUT2D eigenvalue weighted by atomic mass is 35.5. The molecule has 0 bridgehead atoms. The van der Waals surface area contributed by atoms with Crippen LogP contribution in [0.25, 0.3) is 0 Å². The second kappa shape index (κ2) is 9.75. The molecule has 0 aliphatic rings. The van der Waals surface area contributed by atoms with Crippen LogP contribution in [-0.2, 0) is 9.53 Å². The smallest absolute Gasteiger partial charge is 0.342 e. The molecule has 0 saturated carbocycles. The number of carbonyl (C=O) groups is 2. The summed E-state index contributed by atoms with van der Waals surface area (Å²) in [5.74, 6) is -0.0750. The van der Waals surface area contributed by atoms with Gasteiger partial charge in [0.1, 0.15) is 17.1 Å². The summed E-state index contributed by atoms with van der Waals surface area (Å²) in [5, 5.41) is 3.41. The fourth-order valence-corrected chi connectivity index (χ4v) is 2.79. The molecular weight excluding hydrogens is 390 g/mol. The number of carbonyl (C=O) groups excluding carboxylic acids is 2. The predicted octanol–water partition coefficient (Wildman–Crippen LogP) is 5.17. The molecule has 0 radical (unpaired) electrons. The lowest BCUT2D eigenvalue weighted by molar-refractivity contribution is -0.124. The van der Waals surface area contributed by atoms with Crippen molar-refractivity contribution in [3.05, 3.63) is 95.0 Å². The first-order chi connectivity index (χ1) is 14.0. The molecular formula is C23H20ClNO4. The van der Waals surface area contributed by atoms with Crippen LogP contribution in [0.15, 0.2) is 78.9 Å². The number of halogens is 1. The second-order valence-corrected chi connectivity index (χ2v) is 6.76. The lowest BCUT2D eigenvalue weighted by atomic mass is 10.1. The van der Waals surface area contributed by atoms with Crippen LogP contribution in [0.4, 0.5) is 0 Å². The average Bonchev–Trinajstić information content (AvgIpc) is 2.73. The number of benzene rings is 3. The average molecular weight is 410 g/mol. The molecule has 0 aromatic heterocycles. The number of hydrogen-bond acceptors (Lipinski definition) is 4. The van der Waals surface area contributed by atoms with Crippen LogP contribution in [0.5, 0.6) is 11.5 Å². The Morgan fingerprint density at radius 3 is 2.31 bits per heavy atom. The number of nitrogens with one attached hydrogen (secondary N) is 1. The van der Waals surface area contributed by atoms with E-state index in [1.54, 1.807) is 48.5 Å². The Bertz CT molecular complexity index is 974. The quantitative estimate of drug-likeness (QED) is 0.547. The highest BCUT2D eigenvalue weighted by Crippen LogP contribution is 2.25. The van der Waals surface area contributed by atoms with Gasteiger partial charge in [-0.3, -0.25) is 4.79 Å². The zero-order valence-corrected chi connectivity index (χ0v) is 16.6. The van der Waals surface area contributed by atoms with Crippen molar-refractivity contribution in [1.82, 2.24) is 5.32 Å². The van der Waals surface area contributed by atoms with E-state index >= 15 is 0 Å². The van der Waals surface area contributed by atoms with Gasteiger partial charge in [0.15, 0.2) is 6.61 Å². The summed E-state index contributed by atoms with van der Waals surface area (Å²) in [6.45, 7) is 1.45. The van der Waals surface area contributed by atoms with E-state index in [0.717, 1.165) is 5.56 Å². The van der Waals surface area contributed by atoms with E-state index in [1.807, 2.05) is 37.3 Å². The minimum absolute atomic E-state index is 0.243. The summed E-state index contributed by atoms with van der Waals surface area (Å²) < 4.78 is 10.9. The van der Waals surface area contributed by atoms with E-state index in [0.29, 0.717) is 16.5 Å². The third-order valence-electron chi connectivity index (χ3n) is 4.16. The summed E-state index contributed by atoms with van der Waals surface area (Å²) in [5.41, 5.74) is 1.14. The van der Waals surface area contributed by atoms with Crippen molar-refractivity contribution in [2.75, 3.05) is 6.61 Å². The molecule has 0 aliphatic carbocycles. The molecule has 148 valence electrons. The molecule has 0 heterocycles. The molecule has 3 rings (SSSR count). The lowest BCUT2D eigenvalue weighted by Crippen LogP contribution is -2.31. The molecule has 1 amide bonds. The topological polar surface area (TPSA) is 64.6 Å². The van der Waals surface area contributed by atoms with Gasteiger partial charge in [-0.05, 0) is 48.9 Å². The number of amides is 1. The van der Waals surface area contributed by atoms with Gasteiger partial charge in [-0.1, -0.05) is 54.1 Å². The maximum atomic E-state index is 12.5. The predicted molar refractivity (Wildman–Crippen MR) is 111 cm³/mol. The summed E-state index contributed by atoms with van der Waals surface area (Å²) in [6.07, 6.45) is 0. The van der Waals surface area contributed by atoms with Crippen molar-refractivity contribution < 1.29 is 19.1 Å². The Kier molecular flexibility index (Phi) is 6.87. The second-order valence-electron chi connectivity index (χ2n) is 6.33. The number of hydrogen-bond donors (Lipinski definition) is 1. The molecule has 29 heavy (non-hydrogen) atoms. The zero-order valence-electron chi connectivity index (χ0n) is 15.8. The van der Waals surface area contributed by atoms with Crippen molar-refractivity contribution in [2.45, 2.75) is 13.0 Å². The third-order valence-corrected chi connectivity index (χ3v) is 4.41. The number of ether oxygens (including phenoxy) is 2. The molecule has 0 spiro atoms. The van der Waals surface area contributed by atoms with E-state index in [1.165, 1.54) is 0 Å². The molecule has 1 atom stereocenters. The minimum Gasteiger partial charge on any atom is -0.456 e. The van der Waals surface area contributed by atoms with Crippen molar-refractivity contribution >= 4 is 23.5 Å². The van der Waals surface area contributed by atoms with Crippen LogP contribution >= 0.6 is 11.6 Å². The van der Waals surface area contributed by atoms with Crippen LogP contribution in [0.3, 0.4) is 0 Å². The Hall–Kier alpha value is -3.31. The maximum absolute atomic E-state index is 12.5. The van der Waals surface area contributed by atoms with Crippen LogP contribution in [-0.4, -0.2) is 18.5 Å². The normalized spacial score (nSPS) is 11.4. The molecule has 0 aliphatic heterocycles. The first-order valence-electron chi connectivity index (χ1n) is 9.07. The fraction of sp³-hybridized carbons (Fsp3) is 0.130. The minimum atomic E-state index is -0.633. The largest absolute Gasteiger partial charge is 0.456 e. The van der Waals surface area contributed by atoms with Crippen molar-refractivity contribution in [2.24, 2.45) is 0 Å². The summed E-state index contributed by atoms with van der Waals surface area (Å²) in [4.78, 5) is 24.6. The molecule has 0 fully saturated rings. The Labute approximate surface area is 174 Å². The highest BCUT2D eigenvalue weighted by molar-refractivity contribution is 6.30. The van der Waals surface area contributed by atoms with Crippen molar-refractivity contribution in [3.63, 3.8) is 0 Å². The summed E-state index contributed by atoms with van der Waals surface area (Å²) in [7, 11) is 0. The van der Waals surface area contributed by atoms with E-state index in [9.17, 15) is 9.59 Å². The van der Waals surface area contributed by atoms with Crippen molar-refractivity contribution in [3.8, 4) is 11.5 Å². The number of para-hydroxylation sites is 2. The zero-order chi connectivity index (χ0) is 20.6. The maximum Gasteiger partial charge on any atom is 0.342 e. The van der Waals surface area contributed by atoms with E-state index < -0.39 is 18.5 Å². The molecule has 0 unspecified atom stereocenters. The Morgan fingerprint density at radius 2 is 1.59 bits per heavy atom. The van der Waals surface area contributed by atoms with Gasteiger partial charge in [0, 0.05) is 5.02 Å². The van der Waals surface area contributed by atoms with Crippen LogP contribution < -0.4 is 10.1 Å². The molecule has 5 nitrogen and oxygen atoms in total. The van der Waals surface area contributed by atoms with Gasteiger partial charge in [-0.2, -0.15) is 0 Å². The molecule has 6 heteroatoms. The van der Waals surface area contributed by atoms with Crippen LogP contribution in [0.1, 0.15) is 28.9 Å². The first kappa shape index (κ1) is 20.4. The lowest BCUT2D eigenvalue weighted by Gasteiger charge is -2.15. The summed E-state index contributed by atoms with van der Waals surface area (Å²) >= 11 is 5.87. The molecule has 3 aromatic carbocycles. The van der Waals surface area contributed by atoms with Gasteiger partial charge >= 0.3 is 5.97 Å². The van der Waals surface area contributed by atoms with E-state index in [2.05, 4.69) is 5.32 Å². The fourth-order valence-electron chi connectivity index (χ4n) is 2.67. The third kappa shape index (κ3) is 5.83. The van der Waals surface area contributed by atoms with Gasteiger partial charge in [0.05, 0.1) is 6.04 Å². The van der Waals surface area contributed by atoms with E-state index in [4.69, 9.17) is 21.1 Å². The van der Waals surface area contributed by atoms with Gasteiger partial charge in [-0.15, -0.1) is 0 Å². The highest BCUT2D eigenvalue weighted by Gasteiger charge is 2.17. The van der Waals surface area contributed by atoms with Crippen molar-refractivity contribution in [1.29, 1.82) is 0 Å².